The van der Waals surface area contributed by atoms with E-state index in [0.717, 1.165) is 18.4 Å². The molecule has 2 saturated carbocycles. The number of allylic oxidation sites excluding steroid dienone is 1. The fourth-order valence-corrected chi connectivity index (χ4v) is 2.00. The quantitative estimate of drug-likeness (QED) is 0.445. The van der Waals surface area contributed by atoms with Crippen molar-refractivity contribution in [1.29, 1.82) is 0 Å². The highest BCUT2D eigenvalue weighted by Gasteiger charge is 2.41. The molecule has 0 aromatic rings. The van der Waals surface area contributed by atoms with Crippen LogP contribution in [0.4, 0.5) is 0 Å². The van der Waals surface area contributed by atoms with Crippen LogP contribution in [0, 0.1) is 11.8 Å². The molecule has 48 valence electrons. The lowest BCUT2D eigenvalue weighted by atomic mass is 9.95. The van der Waals surface area contributed by atoms with Crippen LogP contribution >= 0.6 is 0 Å². The average Bonchev–Trinajstić information content (AvgIpc) is 2.37. The van der Waals surface area contributed by atoms with Crippen molar-refractivity contribution >= 4 is 5.78 Å². The average molecular weight is 122 g/mol. The highest BCUT2D eigenvalue weighted by molar-refractivity contribution is 6.00. The summed E-state index contributed by atoms with van der Waals surface area (Å²) >= 11 is 0. The second-order valence-electron chi connectivity index (χ2n) is 3.10. The monoisotopic (exact) mass is 122 g/mol. The Morgan fingerprint density at radius 2 is 2.00 bits per heavy atom. The number of ketones is 1. The van der Waals surface area contributed by atoms with Crippen molar-refractivity contribution < 1.29 is 4.79 Å². The highest BCUT2D eigenvalue weighted by atomic mass is 16.1. The van der Waals surface area contributed by atoms with Gasteiger partial charge in [-0.3, -0.25) is 4.79 Å². The summed E-state index contributed by atoms with van der Waals surface area (Å²) in [6, 6.07) is 0. The molecule has 2 fully saturated rings. The zero-order valence-corrected chi connectivity index (χ0v) is 5.39. The summed E-state index contributed by atoms with van der Waals surface area (Å²) < 4.78 is 0. The van der Waals surface area contributed by atoms with Crippen molar-refractivity contribution in [2.24, 2.45) is 11.8 Å². The maximum Gasteiger partial charge on any atom is 0.161 e. The second-order valence-corrected chi connectivity index (χ2v) is 3.10. The molecule has 9 heavy (non-hydrogen) atoms. The Morgan fingerprint density at radius 3 is 2.33 bits per heavy atom. The molecule has 1 nitrogen and oxygen atoms in total. The molecule has 2 aliphatic rings. The van der Waals surface area contributed by atoms with Crippen LogP contribution in [0.2, 0.25) is 0 Å². The van der Waals surface area contributed by atoms with E-state index in [0.29, 0.717) is 17.6 Å². The molecule has 0 aliphatic heterocycles. The normalized spacial score (nSPS) is 40.4. The van der Waals surface area contributed by atoms with E-state index in [9.17, 15) is 4.79 Å². The molecule has 0 unspecified atom stereocenters. The molecule has 2 atom stereocenters. The first-order chi connectivity index (χ1) is 4.29. The second kappa shape index (κ2) is 1.47. The van der Waals surface area contributed by atoms with Gasteiger partial charge in [0.2, 0.25) is 0 Å². The lowest BCUT2D eigenvalue weighted by Crippen LogP contribution is -2.10. The van der Waals surface area contributed by atoms with Gasteiger partial charge in [0.05, 0.1) is 0 Å². The molecule has 2 aliphatic carbocycles. The third-order valence-electron chi connectivity index (χ3n) is 2.61. The molecular formula is C8H10O. The smallest absolute Gasteiger partial charge is 0.161 e. The molecule has 2 bridgehead atoms. The number of fused-ring (bicyclic) bond motifs is 2. The van der Waals surface area contributed by atoms with Gasteiger partial charge >= 0.3 is 0 Å². The van der Waals surface area contributed by atoms with Crippen LogP contribution in [-0.4, -0.2) is 5.78 Å². The third kappa shape index (κ3) is 0.521. The van der Waals surface area contributed by atoms with Gasteiger partial charge in [-0.05, 0) is 30.8 Å². The van der Waals surface area contributed by atoms with E-state index < -0.39 is 0 Å². The minimum Gasteiger partial charge on any atom is -0.294 e. The highest BCUT2D eigenvalue weighted by Crippen LogP contribution is 2.44. The molecule has 0 heterocycles. The van der Waals surface area contributed by atoms with Gasteiger partial charge in [0, 0.05) is 5.92 Å². The molecular weight excluding hydrogens is 112 g/mol. The summed E-state index contributed by atoms with van der Waals surface area (Å²) in [5.74, 6) is 1.30. The van der Waals surface area contributed by atoms with Crippen LogP contribution in [0.1, 0.15) is 19.3 Å². The minimum atomic E-state index is 0.353. The van der Waals surface area contributed by atoms with Gasteiger partial charge in [-0.25, -0.2) is 0 Å². The van der Waals surface area contributed by atoms with Crippen LogP contribution in [-0.2, 0) is 4.79 Å². The Hall–Kier alpha value is -0.590. The van der Waals surface area contributed by atoms with E-state index >= 15 is 0 Å². The van der Waals surface area contributed by atoms with E-state index in [1.807, 2.05) is 0 Å². The zero-order valence-electron chi connectivity index (χ0n) is 5.39. The largest absolute Gasteiger partial charge is 0.294 e. The molecule has 0 aromatic carbocycles. The number of carbonyl (C=O) groups excluding carboxylic acids is 1. The number of hydrogen-bond donors (Lipinski definition) is 0. The van der Waals surface area contributed by atoms with Crippen LogP contribution in [0.25, 0.3) is 0 Å². The lowest BCUT2D eigenvalue weighted by Gasteiger charge is -2.08. The van der Waals surface area contributed by atoms with E-state index in [4.69, 9.17) is 0 Å². The van der Waals surface area contributed by atoms with Gasteiger partial charge in [-0.1, -0.05) is 6.58 Å². The van der Waals surface area contributed by atoms with E-state index in [1.165, 1.54) is 6.42 Å². The van der Waals surface area contributed by atoms with Crippen molar-refractivity contribution in [1.82, 2.24) is 0 Å². The van der Waals surface area contributed by atoms with Gasteiger partial charge in [-0.2, -0.15) is 0 Å². The Kier molecular flexibility index (Phi) is 0.850. The van der Waals surface area contributed by atoms with Crippen molar-refractivity contribution in [3.05, 3.63) is 12.2 Å². The zero-order chi connectivity index (χ0) is 6.43. The van der Waals surface area contributed by atoms with Crippen LogP contribution in [0.15, 0.2) is 12.2 Å². The first kappa shape index (κ1) is 5.21. The van der Waals surface area contributed by atoms with Crippen LogP contribution in [0.5, 0.6) is 0 Å². The summed E-state index contributed by atoms with van der Waals surface area (Å²) in [6.45, 7) is 3.77. The maximum absolute atomic E-state index is 11.1. The molecule has 2 rings (SSSR count). The molecule has 0 saturated heterocycles. The lowest BCUT2D eigenvalue weighted by molar-refractivity contribution is -0.118. The van der Waals surface area contributed by atoms with E-state index in [-0.39, 0.29) is 0 Å². The summed E-state index contributed by atoms with van der Waals surface area (Å²) in [4.78, 5) is 11.1. The van der Waals surface area contributed by atoms with E-state index in [2.05, 4.69) is 6.58 Å². The predicted molar refractivity (Wildman–Crippen MR) is 35.0 cm³/mol. The number of carbonyl (C=O) groups is 1. The van der Waals surface area contributed by atoms with Gasteiger partial charge in [0.25, 0.3) is 0 Å². The third-order valence-corrected chi connectivity index (χ3v) is 2.61. The summed E-state index contributed by atoms with van der Waals surface area (Å²) in [7, 11) is 0. The first-order valence-electron chi connectivity index (χ1n) is 3.52. The summed E-state index contributed by atoms with van der Waals surface area (Å²) in [6.07, 6.45) is 3.45. The van der Waals surface area contributed by atoms with Gasteiger partial charge in [0.15, 0.2) is 5.78 Å². The molecule has 0 amide bonds. The number of rotatable bonds is 0. The SMILES string of the molecule is C=C1C(=O)[C@@H]2CC[C@H]1C2. The topological polar surface area (TPSA) is 17.1 Å². The molecule has 1 heteroatoms. The van der Waals surface area contributed by atoms with Crippen LogP contribution in [0.3, 0.4) is 0 Å². The minimum absolute atomic E-state index is 0.353. The Balaban J connectivity index is 2.35. The predicted octanol–water partition coefficient (Wildman–Crippen LogP) is 1.54. The summed E-state index contributed by atoms with van der Waals surface area (Å²) in [5.41, 5.74) is 0.909. The summed E-state index contributed by atoms with van der Waals surface area (Å²) in [5, 5.41) is 0. The number of Topliss-reactive ketones (excluding diaryl/α,β-unsaturated/α-hetero) is 1. The first-order valence-corrected chi connectivity index (χ1v) is 3.52. The fourth-order valence-electron chi connectivity index (χ4n) is 2.00. The maximum atomic E-state index is 11.1. The van der Waals surface area contributed by atoms with Gasteiger partial charge in [-0.15, -0.1) is 0 Å². The van der Waals surface area contributed by atoms with Gasteiger partial charge in [0.1, 0.15) is 0 Å². The standard InChI is InChI=1S/C8H10O/c1-5-6-2-3-7(4-6)8(5)9/h6-7H,1-4H2/t6-,7+/m0/s1. The molecule has 0 radical (unpaired) electrons. The van der Waals surface area contributed by atoms with Crippen molar-refractivity contribution in [3.63, 3.8) is 0 Å². The van der Waals surface area contributed by atoms with Crippen molar-refractivity contribution in [2.75, 3.05) is 0 Å². The van der Waals surface area contributed by atoms with E-state index in [1.54, 1.807) is 0 Å². The van der Waals surface area contributed by atoms with Crippen LogP contribution < -0.4 is 0 Å². The van der Waals surface area contributed by atoms with Crippen molar-refractivity contribution in [2.45, 2.75) is 19.3 Å². The Morgan fingerprint density at radius 1 is 1.33 bits per heavy atom. The molecule has 0 N–H and O–H groups in total. The molecule has 0 spiro atoms. The Labute approximate surface area is 54.8 Å². The fraction of sp³-hybridized carbons (Fsp3) is 0.625. The van der Waals surface area contributed by atoms with Gasteiger partial charge < -0.3 is 0 Å². The number of hydrogen-bond acceptors (Lipinski definition) is 1. The van der Waals surface area contributed by atoms with Crippen molar-refractivity contribution in [3.8, 4) is 0 Å². The Bertz CT molecular complexity index is 161. The molecule has 0 aromatic heterocycles.